The summed E-state index contributed by atoms with van der Waals surface area (Å²) in [4.78, 5) is 42.5. The summed E-state index contributed by atoms with van der Waals surface area (Å²) in [5, 5.41) is 7.62. The van der Waals surface area contributed by atoms with E-state index in [9.17, 15) is 14.4 Å². The second-order valence-corrected chi connectivity index (χ2v) is 10.3. The van der Waals surface area contributed by atoms with Crippen LogP contribution >= 0.6 is 15.9 Å². The number of anilines is 2. The van der Waals surface area contributed by atoms with Crippen LogP contribution in [0.4, 0.5) is 11.4 Å². The monoisotopic (exact) mass is 566 g/mol. The summed E-state index contributed by atoms with van der Waals surface area (Å²) >= 11 is 3.43. The van der Waals surface area contributed by atoms with Crippen molar-refractivity contribution in [3.8, 4) is 0 Å². The Morgan fingerprint density at radius 1 is 0.921 bits per heavy atom. The Bertz CT molecular complexity index is 1760. The van der Waals surface area contributed by atoms with Crippen LogP contribution in [0.2, 0.25) is 0 Å². The number of hydrogen-bond acceptors (Lipinski definition) is 6. The minimum atomic E-state index is -1.88. The number of nitrogens with one attached hydrogen (secondary N) is 2. The molecule has 0 aromatic heterocycles. The number of ether oxygens (including phenoxy) is 2. The lowest BCUT2D eigenvalue weighted by Crippen LogP contribution is -2.56. The average molecular weight is 567 g/mol. The van der Waals surface area contributed by atoms with Gasteiger partial charge >= 0.3 is 5.97 Å². The molecule has 1 aliphatic carbocycles. The van der Waals surface area contributed by atoms with Gasteiger partial charge in [-0.05, 0) is 35.7 Å². The van der Waals surface area contributed by atoms with Crippen molar-refractivity contribution in [2.75, 3.05) is 17.7 Å². The van der Waals surface area contributed by atoms with E-state index in [1.54, 1.807) is 54.6 Å². The van der Waals surface area contributed by atoms with Gasteiger partial charge in [0.2, 0.25) is 23.2 Å². The first kappa shape index (κ1) is 22.7. The van der Waals surface area contributed by atoms with Gasteiger partial charge in [-0.1, -0.05) is 70.5 Å². The molecule has 2 aliphatic heterocycles. The summed E-state index contributed by atoms with van der Waals surface area (Å²) in [6, 6.07) is 25.3. The van der Waals surface area contributed by atoms with Gasteiger partial charge in [0, 0.05) is 37.9 Å². The molecule has 7 rings (SSSR count). The molecule has 8 heteroatoms. The molecule has 2 atom stereocenters. The fraction of sp³-hybridized carbons (Fsp3) is 0.100. The molecule has 3 aliphatic rings. The maximum absolute atomic E-state index is 14.6. The second kappa shape index (κ2) is 7.79. The molecule has 0 saturated carbocycles. The number of fused-ring (bicyclic) bond motifs is 4. The maximum Gasteiger partial charge on any atom is 0.340 e. The van der Waals surface area contributed by atoms with E-state index in [1.807, 2.05) is 30.3 Å². The molecule has 2 spiro atoms. The van der Waals surface area contributed by atoms with Gasteiger partial charge in [0.15, 0.2) is 5.41 Å². The summed E-state index contributed by atoms with van der Waals surface area (Å²) < 4.78 is 12.8. The van der Waals surface area contributed by atoms with Gasteiger partial charge < -0.3 is 20.1 Å². The third-order valence-electron chi connectivity index (χ3n) is 7.65. The number of rotatable bonds is 3. The summed E-state index contributed by atoms with van der Waals surface area (Å²) in [5.74, 6) is -1.72. The normalized spacial score (nSPS) is 22.7. The molecule has 4 aromatic carbocycles. The molecule has 1 amide bonds. The van der Waals surface area contributed by atoms with Crippen molar-refractivity contribution in [1.29, 1.82) is 0 Å². The molecule has 2 unspecified atom stereocenters. The molecule has 0 bridgehead atoms. The molecular formula is C30H19BrN2O5. The molecule has 0 fully saturated rings. The zero-order chi connectivity index (χ0) is 26.2. The van der Waals surface area contributed by atoms with Gasteiger partial charge in [0.25, 0.3) is 0 Å². The van der Waals surface area contributed by atoms with Gasteiger partial charge in [-0.3, -0.25) is 9.59 Å². The van der Waals surface area contributed by atoms with Crippen LogP contribution in [0.3, 0.4) is 0 Å². The van der Waals surface area contributed by atoms with Crippen molar-refractivity contribution in [2.45, 2.75) is 11.0 Å². The zero-order valence-corrected chi connectivity index (χ0v) is 21.6. The number of methoxy groups -OCH3 is 1. The lowest BCUT2D eigenvalue weighted by molar-refractivity contribution is -0.139. The number of para-hydroxylation sites is 1. The Kier molecular flexibility index (Phi) is 4.66. The number of hydrogen-bond donors (Lipinski definition) is 2. The minimum Gasteiger partial charge on any atom is -0.465 e. The Hall–Kier alpha value is -4.43. The summed E-state index contributed by atoms with van der Waals surface area (Å²) in [7, 11) is 1.25. The summed E-state index contributed by atoms with van der Waals surface area (Å²) in [5.41, 5.74) is -1.26. The van der Waals surface area contributed by atoms with E-state index in [2.05, 4.69) is 26.6 Å². The van der Waals surface area contributed by atoms with Gasteiger partial charge in [-0.2, -0.15) is 0 Å². The highest BCUT2D eigenvalue weighted by molar-refractivity contribution is 9.10. The number of halogens is 1. The SMILES string of the molecule is COC(=O)C1=C(Nc2ccc(Br)cc2)OC2(C(=O)c3cccc4cccc2c34)C12C(=O)Nc1ccccc12. The number of Topliss-reactive ketones (excluding diaryl/α,β-unsaturated/α-hetero) is 1. The molecule has 4 aromatic rings. The number of carbonyl (C=O) groups excluding carboxylic acids is 3. The van der Waals surface area contributed by atoms with E-state index >= 15 is 0 Å². The molecule has 7 nitrogen and oxygen atoms in total. The van der Waals surface area contributed by atoms with Crippen molar-refractivity contribution >= 4 is 55.7 Å². The highest BCUT2D eigenvalue weighted by Gasteiger charge is 2.77. The second-order valence-electron chi connectivity index (χ2n) is 9.40. The van der Waals surface area contributed by atoms with Gasteiger partial charge in [0.05, 0.1) is 7.11 Å². The average Bonchev–Trinajstić information content (AvgIpc) is 3.50. The van der Waals surface area contributed by atoms with E-state index in [0.29, 0.717) is 33.5 Å². The molecule has 2 heterocycles. The number of ketones is 1. The number of esters is 1. The van der Waals surface area contributed by atoms with E-state index < -0.39 is 28.7 Å². The number of carbonyl (C=O) groups is 3. The smallest absolute Gasteiger partial charge is 0.340 e. The highest BCUT2D eigenvalue weighted by Crippen LogP contribution is 2.65. The number of amides is 1. The van der Waals surface area contributed by atoms with Crippen LogP contribution in [-0.2, 0) is 30.1 Å². The van der Waals surface area contributed by atoms with Gasteiger partial charge in [-0.25, -0.2) is 4.79 Å². The van der Waals surface area contributed by atoms with E-state index in [1.165, 1.54) is 7.11 Å². The fourth-order valence-corrected chi connectivity index (χ4v) is 6.46. The third-order valence-corrected chi connectivity index (χ3v) is 8.17. The summed E-state index contributed by atoms with van der Waals surface area (Å²) in [6.07, 6.45) is 0. The Labute approximate surface area is 225 Å². The van der Waals surface area contributed by atoms with E-state index in [4.69, 9.17) is 9.47 Å². The Morgan fingerprint density at radius 3 is 2.39 bits per heavy atom. The predicted molar refractivity (Wildman–Crippen MR) is 145 cm³/mol. The van der Waals surface area contributed by atoms with Crippen molar-refractivity contribution in [3.05, 3.63) is 118 Å². The highest BCUT2D eigenvalue weighted by atomic mass is 79.9. The van der Waals surface area contributed by atoms with Crippen LogP contribution in [0.5, 0.6) is 0 Å². The van der Waals surface area contributed by atoms with Crippen LogP contribution in [0, 0.1) is 0 Å². The van der Waals surface area contributed by atoms with Gasteiger partial charge in [-0.15, -0.1) is 0 Å². The third kappa shape index (κ3) is 2.60. The molecule has 0 radical (unpaired) electrons. The van der Waals surface area contributed by atoms with Crippen LogP contribution in [0.15, 0.2) is 101 Å². The standard InChI is InChI=1S/C30H19BrN2O5/c1-37-27(35)24-26(32-18-14-12-17(31)13-15-18)38-30(29(24)20-9-2-3-11-22(20)33-28(29)36)21-10-5-7-16-6-4-8-19(23(16)21)25(30)34/h2-15,32H,1H3,(H,33,36). The van der Waals surface area contributed by atoms with Crippen LogP contribution in [0.1, 0.15) is 21.5 Å². The minimum absolute atomic E-state index is 0.0100. The van der Waals surface area contributed by atoms with E-state index in [-0.39, 0.29) is 11.5 Å². The quantitative estimate of drug-likeness (QED) is 0.322. The first-order valence-corrected chi connectivity index (χ1v) is 12.8. The Morgan fingerprint density at radius 2 is 1.63 bits per heavy atom. The zero-order valence-electron chi connectivity index (χ0n) is 20.0. The van der Waals surface area contributed by atoms with Crippen LogP contribution < -0.4 is 10.6 Å². The molecule has 186 valence electrons. The number of benzene rings is 4. The lowest BCUT2D eigenvalue weighted by Gasteiger charge is -2.38. The topological polar surface area (TPSA) is 93.7 Å². The van der Waals surface area contributed by atoms with Crippen molar-refractivity contribution in [1.82, 2.24) is 0 Å². The molecule has 0 saturated heterocycles. The van der Waals surface area contributed by atoms with Gasteiger partial charge in [0.1, 0.15) is 5.57 Å². The molecule has 38 heavy (non-hydrogen) atoms. The van der Waals surface area contributed by atoms with Crippen molar-refractivity contribution in [2.24, 2.45) is 0 Å². The largest absolute Gasteiger partial charge is 0.465 e. The molecular weight excluding hydrogens is 548 g/mol. The maximum atomic E-state index is 14.6. The first-order valence-electron chi connectivity index (χ1n) is 12.0. The van der Waals surface area contributed by atoms with E-state index in [0.717, 1.165) is 9.86 Å². The van der Waals surface area contributed by atoms with Crippen molar-refractivity contribution in [3.63, 3.8) is 0 Å². The predicted octanol–water partition coefficient (Wildman–Crippen LogP) is 5.41. The Balaban J connectivity index is 1.60. The summed E-state index contributed by atoms with van der Waals surface area (Å²) in [6.45, 7) is 0. The van der Waals surface area contributed by atoms with Crippen LogP contribution in [0.25, 0.3) is 10.8 Å². The first-order chi connectivity index (χ1) is 18.4. The lowest BCUT2D eigenvalue weighted by atomic mass is 9.61. The molecule has 2 N–H and O–H groups in total. The van der Waals surface area contributed by atoms with Crippen molar-refractivity contribution < 1.29 is 23.9 Å². The van der Waals surface area contributed by atoms with Crippen LogP contribution in [-0.4, -0.2) is 24.8 Å². The fourth-order valence-electron chi connectivity index (χ4n) is 6.19.